The van der Waals surface area contributed by atoms with E-state index in [9.17, 15) is 27.5 Å². The highest BCUT2D eigenvalue weighted by Crippen LogP contribution is 2.26. The van der Waals surface area contributed by atoms with Gasteiger partial charge in [-0.05, 0) is 26.0 Å². The van der Waals surface area contributed by atoms with Gasteiger partial charge in [0.25, 0.3) is 5.91 Å². The van der Waals surface area contributed by atoms with E-state index in [-0.39, 0.29) is 16.9 Å². The van der Waals surface area contributed by atoms with Crippen LogP contribution >= 0.6 is 0 Å². The molecule has 4 rings (SSSR count). The molecule has 0 aliphatic heterocycles. The molecule has 0 radical (unpaired) electrons. The van der Waals surface area contributed by atoms with Gasteiger partial charge in [0, 0.05) is 36.2 Å². The molecule has 4 heterocycles. The summed E-state index contributed by atoms with van der Waals surface area (Å²) in [4.78, 5) is 21.5. The number of nitrogens with zero attached hydrogens (tertiary/aromatic N) is 6. The zero-order chi connectivity index (χ0) is 27.7. The molecule has 10 nitrogen and oxygen atoms in total. The monoisotopic (exact) mass is 530 g/mol. The Morgan fingerprint density at radius 2 is 1.97 bits per heavy atom. The Morgan fingerprint density at radius 3 is 2.66 bits per heavy atom. The number of carbonyl (C=O) groups is 1. The van der Waals surface area contributed by atoms with Crippen LogP contribution in [0.1, 0.15) is 29.8 Å². The first-order valence-corrected chi connectivity index (χ1v) is 11.2. The standard InChI is InChI=1S/C24H22F4N8O2/c1-23(2,38)19(25)11-32-22(37)17-10-30-20(36-4-3-15-5-14(7-29)8-31-21(15)36)6-18(17)34-16-9-33-35(12-16)13-24(26,27)28/h3-6,8-10,12,19,38H,11,13H2,1-2H3,(H,30,34)(H,32,37)/t19-/m1/s1. The third-order valence-corrected chi connectivity index (χ3v) is 5.50. The summed E-state index contributed by atoms with van der Waals surface area (Å²) in [6, 6.07) is 6.84. The number of pyridine rings is 2. The molecule has 14 heteroatoms. The lowest BCUT2D eigenvalue weighted by atomic mass is 10.0. The van der Waals surface area contributed by atoms with E-state index in [4.69, 9.17) is 5.26 Å². The topological polar surface area (TPSA) is 134 Å². The molecule has 0 fully saturated rings. The van der Waals surface area contributed by atoms with Gasteiger partial charge in [0.2, 0.25) is 0 Å². The highest BCUT2D eigenvalue weighted by atomic mass is 19.4. The second-order valence-corrected chi connectivity index (χ2v) is 9.02. The molecular formula is C24H22F4N8O2. The van der Waals surface area contributed by atoms with E-state index >= 15 is 0 Å². The Labute approximate surface area is 213 Å². The van der Waals surface area contributed by atoms with Crippen molar-refractivity contribution in [2.45, 2.75) is 38.3 Å². The van der Waals surface area contributed by atoms with Crippen molar-refractivity contribution < 1.29 is 27.5 Å². The van der Waals surface area contributed by atoms with Gasteiger partial charge in [0.1, 0.15) is 30.3 Å². The number of carbonyl (C=O) groups excluding carboxylic acids is 1. The van der Waals surface area contributed by atoms with Crippen LogP contribution in [0, 0.1) is 11.3 Å². The predicted octanol–water partition coefficient (Wildman–Crippen LogP) is 3.63. The molecule has 0 saturated carbocycles. The molecule has 1 amide bonds. The summed E-state index contributed by atoms with van der Waals surface area (Å²) in [5.74, 6) is -0.422. The Morgan fingerprint density at radius 1 is 1.21 bits per heavy atom. The minimum atomic E-state index is -4.48. The van der Waals surface area contributed by atoms with Gasteiger partial charge in [-0.1, -0.05) is 0 Å². The summed E-state index contributed by atoms with van der Waals surface area (Å²) in [6.07, 6.45) is 0.321. The van der Waals surface area contributed by atoms with Gasteiger partial charge in [-0.3, -0.25) is 14.0 Å². The van der Waals surface area contributed by atoms with E-state index in [1.165, 1.54) is 32.3 Å². The smallest absolute Gasteiger partial charge is 0.387 e. The molecular weight excluding hydrogens is 508 g/mol. The number of halogens is 4. The van der Waals surface area contributed by atoms with E-state index < -0.39 is 36.9 Å². The first-order valence-electron chi connectivity index (χ1n) is 11.2. The Kier molecular flexibility index (Phi) is 7.05. The zero-order valence-electron chi connectivity index (χ0n) is 20.2. The summed E-state index contributed by atoms with van der Waals surface area (Å²) in [7, 11) is 0. The Balaban J connectivity index is 1.69. The third-order valence-electron chi connectivity index (χ3n) is 5.50. The maximum Gasteiger partial charge on any atom is 0.408 e. The predicted molar refractivity (Wildman–Crippen MR) is 129 cm³/mol. The molecule has 198 valence electrons. The minimum absolute atomic E-state index is 0.0311. The highest BCUT2D eigenvalue weighted by molar-refractivity contribution is 6.00. The van der Waals surface area contributed by atoms with Crippen LogP contribution < -0.4 is 10.6 Å². The van der Waals surface area contributed by atoms with Crippen molar-refractivity contribution in [3.05, 3.63) is 60.3 Å². The van der Waals surface area contributed by atoms with Crippen LogP contribution in [0.5, 0.6) is 0 Å². The molecule has 4 aromatic heterocycles. The lowest BCUT2D eigenvalue weighted by molar-refractivity contribution is -0.142. The molecule has 0 aliphatic rings. The maximum absolute atomic E-state index is 14.2. The van der Waals surface area contributed by atoms with Crippen LogP contribution in [0.25, 0.3) is 16.9 Å². The number of fused-ring (bicyclic) bond motifs is 1. The number of aliphatic hydroxyl groups is 1. The minimum Gasteiger partial charge on any atom is -0.387 e. The van der Waals surface area contributed by atoms with Crippen LogP contribution in [-0.2, 0) is 6.54 Å². The zero-order valence-corrected chi connectivity index (χ0v) is 20.2. The lowest BCUT2D eigenvalue weighted by Crippen LogP contribution is -2.42. The number of hydrogen-bond donors (Lipinski definition) is 3. The molecule has 0 bridgehead atoms. The molecule has 4 aromatic rings. The highest BCUT2D eigenvalue weighted by Gasteiger charge is 2.29. The van der Waals surface area contributed by atoms with E-state index in [2.05, 4.69) is 25.7 Å². The quantitative estimate of drug-likeness (QED) is 0.296. The van der Waals surface area contributed by atoms with E-state index in [1.807, 2.05) is 6.07 Å². The van der Waals surface area contributed by atoms with Gasteiger partial charge in [-0.15, -0.1) is 0 Å². The van der Waals surface area contributed by atoms with E-state index in [1.54, 1.807) is 22.9 Å². The largest absolute Gasteiger partial charge is 0.408 e. The summed E-state index contributed by atoms with van der Waals surface area (Å²) >= 11 is 0. The van der Waals surface area contributed by atoms with Crippen LogP contribution in [0.4, 0.5) is 28.9 Å². The molecule has 0 aliphatic carbocycles. The first-order chi connectivity index (χ1) is 17.8. The number of nitriles is 1. The van der Waals surface area contributed by atoms with Crippen molar-refractivity contribution in [2.24, 2.45) is 0 Å². The number of anilines is 2. The van der Waals surface area contributed by atoms with Crippen molar-refractivity contribution >= 4 is 28.3 Å². The number of amides is 1. The SMILES string of the molecule is CC(C)(O)[C@H](F)CNC(=O)c1cnc(-n2ccc3cc(C#N)cnc32)cc1Nc1cnn(CC(F)(F)F)c1. The number of aromatic nitrogens is 5. The van der Waals surface area contributed by atoms with Crippen molar-refractivity contribution in [3.63, 3.8) is 0 Å². The molecule has 3 N–H and O–H groups in total. The number of nitrogens with one attached hydrogen (secondary N) is 2. The molecule has 0 saturated heterocycles. The van der Waals surface area contributed by atoms with Crippen LogP contribution in [0.15, 0.2) is 49.2 Å². The van der Waals surface area contributed by atoms with Crippen molar-refractivity contribution in [1.29, 1.82) is 5.26 Å². The normalized spacial score (nSPS) is 12.8. The van der Waals surface area contributed by atoms with Crippen molar-refractivity contribution in [3.8, 4) is 11.9 Å². The average Bonchev–Trinajstić information content (AvgIpc) is 3.46. The maximum atomic E-state index is 14.2. The van der Waals surface area contributed by atoms with Crippen LogP contribution in [0.2, 0.25) is 0 Å². The summed E-state index contributed by atoms with van der Waals surface area (Å²) < 4.78 is 54.7. The average molecular weight is 530 g/mol. The molecule has 38 heavy (non-hydrogen) atoms. The number of rotatable bonds is 8. The summed E-state index contributed by atoms with van der Waals surface area (Å²) in [6.45, 7) is 0.742. The van der Waals surface area contributed by atoms with Gasteiger partial charge in [0.05, 0.1) is 40.8 Å². The van der Waals surface area contributed by atoms with E-state index in [0.717, 1.165) is 12.4 Å². The summed E-state index contributed by atoms with van der Waals surface area (Å²) in [5.41, 5.74) is -0.565. The fraction of sp³-hybridized carbons (Fsp3) is 0.292. The number of alkyl halides is 4. The van der Waals surface area contributed by atoms with E-state index in [0.29, 0.717) is 27.1 Å². The van der Waals surface area contributed by atoms with Gasteiger partial charge in [-0.25, -0.2) is 14.4 Å². The van der Waals surface area contributed by atoms with Gasteiger partial charge < -0.3 is 15.7 Å². The lowest BCUT2D eigenvalue weighted by Gasteiger charge is -2.22. The van der Waals surface area contributed by atoms with Gasteiger partial charge >= 0.3 is 6.18 Å². The van der Waals surface area contributed by atoms with Gasteiger partial charge in [-0.2, -0.15) is 23.5 Å². The molecule has 0 unspecified atom stereocenters. The van der Waals surface area contributed by atoms with Crippen molar-refractivity contribution in [1.82, 2.24) is 29.6 Å². The molecule has 1 atom stereocenters. The first kappa shape index (κ1) is 26.6. The van der Waals surface area contributed by atoms with Crippen LogP contribution in [0.3, 0.4) is 0 Å². The number of hydrogen-bond acceptors (Lipinski definition) is 7. The third kappa shape index (κ3) is 6.06. The van der Waals surface area contributed by atoms with Crippen molar-refractivity contribution in [2.75, 3.05) is 11.9 Å². The summed E-state index contributed by atoms with van der Waals surface area (Å²) in [5, 5.41) is 28.5. The Bertz CT molecular complexity index is 1510. The fourth-order valence-corrected chi connectivity index (χ4v) is 3.51. The second-order valence-electron chi connectivity index (χ2n) is 9.02. The fourth-order valence-electron chi connectivity index (χ4n) is 3.51. The Hall–Kier alpha value is -4.51. The second kappa shape index (κ2) is 10.1. The van der Waals surface area contributed by atoms with Crippen LogP contribution in [-0.4, -0.2) is 59.8 Å². The molecule has 0 aromatic carbocycles. The molecule has 0 spiro atoms. The van der Waals surface area contributed by atoms with Gasteiger partial charge in [0.15, 0.2) is 0 Å².